The molecule has 1 aliphatic heterocycles. The van der Waals surface area contributed by atoms with Crippen molar-refractivity contribution in [1.29, 1.82) is 0 Å². The van der Waals surface area contributed by atoms with E-state index >= 15 is 0 Å². The largest absolute Gasteiger partial charge is 0.475 e. The van der Waals surface area contributed by atoms with E-state index in [1.165, 1.54) is 12.1 Å². The van der Waals surface area contributed by atoms with Crippen molar-refractivity contribution in [3.8, 4) is 5.88 Å². The highest BCUT2D eigenvalue weighted by molar-refractivity contribution is 5.80. The highest BCUT2D eigenvalue weighted by Gasteiger charge is 2.28. The number of guanidine groups is 1. The van der Waals surface area contributed by atoms with Crippen LogP contribution in [-0.4, -0.2) is 61.9 Å². The third-order valence-corrected chi connectivity index (χ3v) is 4.88. The van der Waals surface area contributed by atoms with Crippen molar-refractivity contribution in [1.82, 2.24) is 15.2 Å². The number of ether oxygens (including phenoxy) is 3. The standard InChI is InChI=1S/C23H31FN4O3/c1-4-25-23(27-14-18-5-10-22(26-13-18)30-12-11-29-3)28-15-17(2)31-21(16-28)19-6-8-20(24)9-7-19/h5-10,13,17,21H,4,11-12,14-16H2,1-3H3,(H,25,27). The summed E-state index contributed by atoms with van der Waals surface area (Å²) in [6.07, 6.45) is 1.66. The third kappa shape index (κ3) is 6.90. The number of aromatic nitrogens is 1. The Morgan fingerprint density at radius 1 is 1.23 bits per heavy atom. The van der Waals surface area contributed by atoms with Crippen molar-refractivity contribution in [2.24, 2.45) is 4.99 Å². The summed E-state index contributed by atoms with van der Waals surface area (Å²) in [5.74, 6) is 1.15. The lowest BCUT2D eigenvalue weighted by molar-refractivity contribution is -0.0605. The summed E-state index contributed by atoms with van der Waals surface area (Å²) in [5.41, 5.74) is 1.95. The van der Waals surface area contributed by atoms with Crippen molar-refractivity contribution in [3.63, 3.8) is 0 Å². The van der Waals surface area contributed by atoms with E-state index in [4.69, 9.17) is 19.2 Å². The van der Waals surface area contributed by atoms with E-state index < -0.39 is 0 Å². The minimum absolute atomic E-state index is 0.0258. The number of halogens is 1. The number of pyridine rings is 1. The lowest BCUT2D eigenvalue weighted by atomic mass is 10.1. The molecule has 1 N–H and O–H groups in total. The number of aliphatic imine (C=N–C) groups is 1. The number of morpholine rings is 1. The van der Waals surface area contributed by atoms with E-state index in [0.717, 1.165) is 30.2 Å². The van der Waals surface area contributed by atoms with Gasteiger partial charge >= 0.3 is 0 Å². The minimum atomic E-state index is -0.247. The van der Waals surface area contributed by atoms with Crippen LogP contribution in [0.4, 0.5) is 4.39 Å². The summed E-state index contributed by atoms with van der Waals surface area (Å²) in [6.45, 7) is 7.72. The Morgan fingerprint density at radius 2 is 2.03 bits per heavy atom. The summed E-state index contributed by atoms with van der Waals surface area (Å²) < 4.78 is 29.9. The molecule has 1 fully saturated rings. The number of benzene rings is 1. The molecule has 168 valence electrons. The molecule has 0 amide bonds. The molecule has 0 bridgehead atoms. The van der Waals surface area contributed by atoms with Gasteiger partial charge in [-0.25, -0.2) is 14.4 Å². The van der Waals surface area contributed by atoms with E-state index in [2.05, 4.69) is 15.2 Å². The van der Waals surface area contributed by atoms with Gasteiger partial charge in [0.2, 0.25) is 5.88 Å². The van der Waals surface area contributed by atoms with Gasteiger partial charge in [-0.15, -0.1) is 0 Å². The molecule has 0 aliphatic carbocycles. The van der Waals surface area contributed by atoms with Crippen LogP contribution in [0.15, 0.2) is 47.6 Å². The zero-order chi connectivity index (χ0) is 22.1. The highest BCUT2D eigenvalue weighted by Crippen LogP contribution is 2.25. The normalized spacial score (nSPS) is 19.4. The molecule has 8 heteroatoms. The predicted octanol–water partition coefficient (Wildman–Crippen LogP) is 3.17. The molecule has 2 atom stereocenters. The number of hydrogen-bond donors (Lipinski definition) is 1. The molecule has 2 unspecified atom stereocenters. The quantitative estimate of drug-likeness (QED) is 0.394. The van der Waals surface area contributed by atoms with Gasteiger partial charge in [0.1, 0.15) is 18.5 Å². The average Bonchev–Trinajstić information content (AvgIpc) is 2.78. The Kier molecular flexibility index (Phi) is 8.61. The van der Waals surface area contributed by atoms with Gasteiger partial charge in [-0.2, -0.15) is 0 Å². The predicted molar refractivity (Wildman–Crippen MR) is 118 cm³/mol. The van der Waals surface area contributed by atoms with Crippen LogP contribution < -0.4 is 10.1 Å². The van der Waals surface area contributed by atoms with Gasteiger partial charge in [0.25, 0.3) is 0 Å². The second kappa shape index (κ2) is 11.6. The number of nitrogens with one attached hydrogen (secondary N) is 1. The molecule has 7 nitrogen and oxygen atoms in total. The maximum atomic E-state index is 13.3. The van der Waals surface area contributed by atoms with Crippen LogP contribution in [0.5, 0.6) is 5.88 Å². The molecule has 1 aliphatic rings. The molecule has 0 spiro atoms. The Morgan fingerprint density at radius 3 is 2.71 bits per heavy atom. The first-order valence-electron chi connectivity index (χ1n) is 10.6. The van der Waals surface area contributed by atoms with Gasteiger partial charge in [0, 0.05) is 32.5 Å². The summed E-state index contributed by atoms with van der Waals surface area (Å²) in [4.78, 5) is 11.3. The van der Waals surface area contributed by atoms with Crippen LogP contribution in [0.25, 0.3) is 0 Å². The van der Waals surface area contributed by atoms with Gasteiger partial charge in [-0.3, -0.25) is 0 Å². The first-order chi connectivity index (χ1) is 15.1. The Hall–Kier alpha value is -2.71. The molecule has 0 radical (unpaired) electrons. The molecule has 1 aromatic carbocycles. The van der Waals surface area contributed by atoms with Crippen LogP contribution in [0.2, 0.25) is 0 Å². The molecular weight excluding hydrogens is 399 g/mol. The van der Waals surface area contributed by atoms with Crippen molar-refractivity contribution in [3.05, 3.63) is 59.5 Å². The van der Waals surface area contributed by atoms with E-state index in [9.17, 15) is 4.39 Å². The van der Waals surface area contributed by atoms with Crippen LogP contribution in [-0.2, 0) is 16.0 Å². The molecule has 1 aromatic heterocycles. The smallest absolute Gasteiger partial charge is 0.213 e. The van der Waals surface area contributed by atoms with Gasteiger partial charge in [0.05, 0.1) is 25.8 Å². The van der Waals surface area contributed by atoms with E-state index in [1.54, 1.807) is 25.4 Å². The van der Waals surface area contributed by atoms with Crippen LogP contribution >= 0.6 is 0 Å². The summed E-state index contributed by atoms with van der Waals surface area (Å²) in [6, 6.07) is 10.3. The minimum Gasteiger partial charge on any atom is -0.475 e. The third-order valence-electron chi connectivity index (χ3n) is 4.88. The van der Waals surface area contributed by atoms with E-state index in [1.807, 2.05) is 26.0 Å². The maximum absolute atomic E-state index is 13.3. The topological polar surface area (TPSA) is 68.2 Å². The zero-order valence-electron chi connectivity index (χ0n) is 18.4. The van der Waals surface area contributed by atoms with Crippen molar-refractivity contribution < 1.29 is 18.6 Å². The first-order valence-corrected chi connectivity index (χ1v) is 10.6. The lowest BCUT2D eigenvalue weighted by Gasteiger charge is -2.38. The lowest BCUT2D eigenvalue weighted by Crippen LogP contribution is -2.50. The van der Waals surface area contributed by atoms with Crippen LogP contribution in [0.3, 0.4) is 0 Å². The number of nitrogens with zero attached hydrogens (tertiary/aromatic N) is 3. The zero-order valence-corrected chi connectivity index (χ0v) is 18.4. The molecule has 2 aromatic rings. The second-order valence-corrected chi connectivity index (χ2v) is 7.41. The Bertz CT molecular complexity index is 830. The summed E-state index contributed by atoms with van der Waals surface area (Å²) in [7, 11) is 1.64. The number of rotatable bonds is 8. The Labute approximate surface area is 183 Å². The van der Waals surface area contributed by atoms with Crippen molar-refractivity contribution in [2.45, 2.75) is 32.6 Å². The molecular formula is C23H31FN4O3. The fourth-order valence-corrected chi connectivity index (χ4v) is 3.40. The van der Waals surface area contributed by atoms with E-state index in [0.29, 0.717) is 32.2 Å². The monoisotopic (exact) mass is 430 g/mol. The van der Waals surface area contributed by atoms with Gasteiger partial charge in [-0.1, -0.05) is 18.2 Å². The summed E-state index contributed by atoms with van der Waals surface area (Å²) in [5, 5.41) is 3.37. The van der Waals surface area contributed by atoms with Gasteiger partial charge in [-0.05, 0) is 37.1 Å². The average molecular weight is 431 g/mol. The van der Waals surface area contributed by atoms with Crippen LogP contribution in [0, 0.1) is 5.82 Å². The van der Waals surface area contributed by atoms with Gasteiger partial charge in [0.15, 0.2) is 5.96 Å². The van der Waals surface area contributed by atoms with Gasteiger partial charge < -0.3 is 24.4 Å². The molecule has 31 heavy (non-hydrogen) atoms. The fraction of sp³-hybridized carbons (Fsp3) is 0.478. The number of methoxy groups -OCH3 is 1. The molecule has 3 rings (SSSR count). The van der Waals surface area contributed by atoms with Crippen LogP contribution in [0.1, 0.15) is 31.1 Å². The summed E-state index contributed by atoms with van der Waals surface area (Å²) >= 11 is 0. The van der Waals surface area contributed by atoms with Crippen molar-refractivity contribution in [2.75, 3.05) is 40.0 Å². The second-order valence-electron chi connectivity index (χ2n) is 7.41. The SMILES string of the molecule is CCNC(=NCc1ccc(OCCOC)nc1)N1CC(C)OC(c2ccc(F)cc2)C1. The van der Waals surface area contributed by atoms with Crippen molar-refractivity contribution >= 4 is 5.96 Å². The molecule has 0 saturated carbocycles. The molecule has 1 saturated heterocycles. The Balaban J connectivity index is 1.66. The maximum Gasteiger partial charge on any atom is 0.213 e. The number of hydrogen-bond acceptors (Lipinski definition) is 5. The first kappa shape index (κ1) is 23.0. The molecule has 2 heterocycles. The highest BCUT2D eigenvalue weighted by atomic mass is 19.1. The van der Waals surface area contributed by atoms with E-state index in [-0.39, 0.29) is 18.0 Å². The fourth-order valence-electron chi connectivity index (χ4n) is 3.40.